The first-order valence-electron chi connectivity index (χ1n) is 11.6. The van der Waals surface area contributed by atoms with Gasteiger partial charge >= 0.3 is 0 Å². The molecular weight excluding hydrogens is 460 g/mol. The van der Waals surface area contributed by atoms with Crippen LogP contribution in [0, 0.1) is 6.92 Å². The quantitative estimate of drug-likeness (QED) is 0.261. The van der Waals surface area contributed by atoms with E-state index in [1.54, 1.807) is 13.4 Å². The van der Waals surface area contributed by atoms with E-state index in [-0.39, 0.29) is 11.7 Å². The molecule has 0 bridgehead atoms. The Bertz CT molecular complexity index is 1240. The van der Waals surface area contributed by atoms with Crippen LogP contribution >= 0.6 is 11.8 Å². The Balaban J connectivity index is 1.53. The van der Waals surface area contributed by atoms with Crippen molar-refractivity contribution in [3.05, 3.63) is 83.8 Å². The molecule has 0 spiro atoms. The lowest BCUT2D eigenvalue weighted by Gasteiger charge is -2.22. The van der Waals surface area contributed by atoms with Gasteiger partial charge in [0.05, 0.1) is 25.7 Å². The monoisotopic (exact) mass is 490 g/mol. The Kier molecular flexibility index (Phi) is 8.26. The molecule has 0 unspecified atom stereocenters. The zero-order valence-corrected chi connectivity index (χ0v) is 21.1. The van der Waals surface area contributed by atoms with Crippen LogP contribution in [0.25, 0.3) is 11.4 Å². The smallest absolute Gasteiger partial charge is 0.233 e. The standard InChI is InChI=1S/C27H30N4O3S/c1-4-14-30(17-21-12-10-20(2)11-13-21)25(32)19-35-27-29-28-26(22-7-5-8-23(16-22)33-3)31(27)18-24-9-6-15-34-24/h5-13,15-16H,4,14,17-19H2,1-3H3. The van der Waals surface area contributed by atoms with Crippen LogP contribution in [-0.2, 0) is 17.9 Å². The highest BCUT2D eigenvalue weighted by Gasteiger charge is 2.20. The maximum Gasteiger partial charge on any atom is 0.233 e. The van der Waals surface area contributed by atoms with Gasteiger partial charge in [-0.05, 0) is 43.2 Å². The Morgan fingerprint density at radius 1 is 1.11 bits per heavy atom. The SMILES string of the molecule is CCCN(Cc1ccc(C)cc1)C(=O)CSc1nnc(-c2cccc(OC)c2)n1Cc1ccco1. The molecule has 2 heterocycles. The summed E-state index contributed by atoms with van der Waals surface area (Å²) < 4.78 is 12.9. The summed E-state index contributed by atoms with van der Waals surface area (Å²) in [6.45, 7) is 5.92. The van der Waals surface area contributed by atoms with Gasteiger partial charge in [0, 0.05) is 18.7 Å². The van der Waals surface area contributed by atoms with Crippen molar-refractivity contribution < 1.29 is 13.9 Å². The maximum atomic E-state index is 13.2. The van der Waals surface area contributed by atoms with Crippen LogP contribution in [0.5, 0.6) is 5.75 Å². The van der Waals surface area contributed by atoms with Gasteiger partial charge < -0.3 is 14.1 Å². The fraction of sp³-hybridized carbons (Fsp3) is 0.296. The highest BCUT2D eigenvalue weighted by Crippen LogP contribution is 2.28. The molecule has 4 aromatic rings. The molecular formula is C27H30N4O3S. The highest BCUT2D eigenvalue weighted by atomic mass is 32.2. The number of hydrogen-bond acceptors (Lipinski definition) is 6. The van der Waals surface area contributed by atoms with Crippen molar-refractivity contribution in [2.24, 2.45) is 0 Å². The van der Waals surface area contributed by atoms with Crippen LogP contribution in [-0.4, -0.2) is 45.0 Å². The molecule has 0 fully saturated rings. The molecule has 0 atom stereocenters. The Morgan fingerprint density at radius 3 is 2.66 bits per heavy atom. The molecule has 4 rings (SSSR count). The minimum atomic E-state index is 0.0768. The number of hydrogen-bond donors (Lipinski definition) is 0. The molecule has 2 aromatic heterocycles. The third-order valence-corrected chi connectivity index (χ3v) is 6.56. The summed E-state index contributed by atoms with van der Waals surface area (Å²) in [7, 11) is 1.64. The molecule has 35 heavy (non-hydrogen) atoms. The Hall–Kier alpha value is -3.52. The number of aryl methyl sites for hydroxylation is 1. The number of carbonyl (C=O) groups excluding carboxylic acids is 1. The van der Waals surface area contributed by atoms with Crippen molar-refractivity contribution in [3.63, 3.8) is 0 Å². The molecule has 182 valence electrons. The molecule has 0 radical (unpaired) electrons. The largest absolute Gasteiger partial charge is 0.497 e. The predicted octanol–water partition coefficient (Wildman–Crippen LogP) is 5.43. The molecule has 2 aromatic carbocycles. The number of carbonyl (C=O) groups is 1. The van der Waals surface area contributed by atoms with E-state index in [1.807, 2.05) is 45.9 Å². The first-order valence-corrected chi connectivity index (χ1v) is 12.6. The number of amides is 1. The van der Waals surface area contributed by atoms with Crippen LogP contribution in [0.2, 0.25) is 0 Å². The summed E-state index contributed by atoms with van der Waals surface area (Å²) in [5.41, 5.74) is 3.22. The zero-order chi connectivity index (χ0) is 24.6. The van der Waals surface area contributed by atoms with Gasteiger partial charge in [-0.1, -0.05) is 60.6 Å². The number of thioether (sulfide) groups is 1. The van der Waals surface area contributed by atoms with Crippen LogP contribution in [0.4, 0.5) is 0 Å². The van der Waals surface area contributed by atoms with Gasteiger partial charge in [-0.15, -0.1) is 10.2 Å². The fourth-order valence-electron chi connectivity index (χ4n) is 3.77. The Labute approximate surface area is 210 Å². The maximum absolute atomic E-state index is 13.2. The van der Waals surface area contributed by atoms with E-state index < -0.39 is 0 Å². The lowest BCUT2D eigenvalue weighted by molar-refractivity contribution is -0.129. The average Bonchev–Trinajstić information content (AvgIpc) is 3.54. The average molecular weight is 491 g/mol. The van der Waals surface area contributed by atoms with E-state index in [0.717, 1.165) is 29.1 Å². The second-order valence-corrected chi connectivity index (χ2v) is 9.24. The van der Waals surface area contributed by atoms with E-state index in [9.17, 15) is 4.79 Å². The van der Waals surface area contributed by atoms with Gasteiger partial charge in [0.15, 0.2) is 11.0 Å². The number of benzene rings is 2. The number of aromatic nitrogens is 3. The van der Waals surface area contributed by atoms with Gasteiger partial charge in [-0.3, -0.25) is 9.36 Å². The second-order valence-electron chi connectivity index (χ2n) is 8.29. The third kappa shape index (κ3) is 6.33. The van der Waals surface area contributed by atoms with Gasteiger partial charge in [-0.25, -0.2) is 0 Å². The van der Waals surface area contributed by atoms with Crippen molar-refractivity contribution >= 4 is 17.7 Å². The number of nitrogens with zero attached hydrogens (tertiary/aromatic N) is 4. The van der Waals surface area contributed by atoms with E-state index in [1.165, 1.54) is 17.3 Å². The van der Waals surface area contributed by atoms with E-state index in [2.05, 4.69) is 48.3 Å². The molecule has 8 heteroatoms. The third-order valence-electron chi connectivity index (χ3n) is 5.60. The molecule has 0 aliphatic rings. The summed E-state index contributed by atoms with van der Waals surface area (Å²) in [4.78, 5) is 15.1. The summed E-state index contributed by atoms with van der Waals surface area (Å²) in [5, 5.41) is 9.54. The van der Waals surface area contributed by atoms with Crippen molar-refractivity contribution in [2.75, 3.05) is 19.4 Å². The van der Waals surface area contributed by atoms with E-state index in [4.69, 9.17) is 9.15 Å². The van der Waals surface area contributed by atoms with Gasteiger partial charge in [0.25, 0.3) is 0 Å². The molecule has 0 saturated heterocycles. The van der Waals surface area contributed by atoms with Gasteiger partial charge in [0.2, 0.25) is 5.91 Å². The van der Waals surface area contributed by atoms with Crippen molar-refractivity contribution in [1.29, 1.82) is 0 Å². The fourth-order valence-corrected chi connectivity index (χ4v) is 4.61. The van der Waals surface area contributed by atoms with Crippen LogP contribution in [0.15, 0.2) is 76.5 Å². The van der Waals surface area contributed by atoms with Crippen LogP contribution in [0.3, 0.4) is 0 Å². The van der Waals surface area contributed by atoms with E-state index >= 15 is 0 Å². The first-order chi connectivity index (χ1) is 17.1. The van der Waals surface area contributed by atoms with Crippen molar-refractivity contribution in [2.45, 2.75) is 38.5 Å². The molecule has 1 amide bonds. The number of rotatable bonds is 11. The highest BCUT2D eigenvalue weighted by molar-refractivity contribution is 7.99. The summed E-state index contributed by atoms with van der Waals surface area (Å²) in [6.07, 6.45) is 2.55. The molecule has 0 aliphatic heterocycles. The number of methoxy groups -OCH3 is 1. The van der Waals surface area contributed by atoms with Crippen molar-refractivity contribution in [1.82, 2.24) is 19.7 Å². The molecule has 7 nitrogen and oxygen atoms in total. The van der Waals surface area contributed by atoms with E-state index in [0.29, 0.717) is 30.6 Å². The molecule has 0 N–H and O–H groups in total. The topological polar surface area (TPSA) is 73.4 Å². The minimum absolute atomic E-state index is 0.0768. The first kappa shape index (κ1) is 24.6. The summed E-state index contributed by atoms with van der Waals surface area (Å²) >= 11 is 1.39. The second kappa shape index (κ2) is 11.8. The van der Waals surface area contributed by atoms with Crippen LogP contribution in [0.1, 0.15) is 30.2 Å². The molecule has 0 aliphatic carbocycles. The van der Waals surface area contributed by atoms with Crippen LogP contribution < -0.4 is 4.74 Å². The van der Waals surface area contributed by atoms with Gasteiger partial charge in [-0.2, -0.15) is 0 Å². The Morgan fingerprint density at radius 2 is 1.94 bits per heavy atom. The normalized spacial score (nSPS) is 10.9. The number of ether oxygens (including phenoxy) is 1. The number of furan rings is 1. The predicted molar refractivity (Wildman–Crippen MR) is 137 cm³/mol. The molecule has 0 saturated carbocycles. The minimum Gasteiger partial charge on any atom is -0.497 e. The lowest BCUT2D eigenvalue weighted by atomic mass is 10.1. The summed E-state index contributed by atoms with van der Waals surface area (Å²) in [5.74, 6) is 2.58. The van der Waals surface area contributed by atoms with Gasteiger partial charge in [0.1, 0.15) is 11.5 Å². The summed E-state index contributed by atoms with van der Waals surface area (Å²) in [6, 6.07) is 19.8. The lowest BCUT2D eigenvalue weighted by Crippen LogP contribution is -2.32. The zero-order valence-electron chi connectivity index (χ0n) is 20.3. The van der Waals surface area contributed by atoms with Crippen molar-refractivity contribution in [3.8, 4) is 17.1 Å².